The smallest absolute Gasteiger partial charge is 0.306 e. The van der Waals surface area contributed by atoms with Crippen molar-refractivity contribution >= 4 is 17.9 Å². The molecular weight excluding hydrogens is 1010 g/mol. The highest BCUT2D eigenvalue weighted by molar-refractivity contribution is 5.71. The van der Waals surface area contributed by atoms with Gasteiger partial charge < -0.3 is 14.2 Å². The Morgan fingerprint density at radius 2 is 0.476 bits per heavy atom. The van der Waals surface area contributed by atoms with Crippen LogP contribution in [0, 0.1) is 0 Å². The maximum absolute atomic E-state index is 13.0. The van der Waals surface area contributed by atoms with Gasteiger partial charge in [-0.15, -0.1) is 0 Å². The molecular formula is C76H128O6. The van der Waals surface area contributed by atoms with E-state index in [2.05, 4.69) is 142 Å². The molecule has 6 nitrogen and oxygen atoms in total. The van der Waals surface area contributed by atoms with E-state index >= 15 is 0 Å². The number of rotatable bonds is 62. The fourth-order valence-electron chi connectivity index (χ4n) is 9.55. The van der Waals surface area contributed by atoms with Crippen LogP contribution in [0.4, 0.5) is 0 Å². The van der Waals surface area contributed by atoms with Gasteiger partial charge in [0.15, 0.2) is 6.10 Å². The molecule has 0 saturated carbocycles. The summed E-state index contributed by atoms with van der Waals surface area (Å²) in [4.78, 5) is 38.4. The first-order chi connectivity index (χ1) is 40.5. The van der Waals surface area contributed by atoms with Gasteiger partial charge in [-0.1, -0.05) is 309 Å². The van der Waals surface area contributed by atoms with Crippen LogP contribution in [0.5, 0.6) is 0 Å². The molecule has 0 aromatic rings. The quantitative estimate of drug-likeness (QED) is 0.0261. The normalized spacial score (nSPS) is 12.9. The van der Waals surface area contributed by atoms with Crippen LogP contribution in [-0.2, 0) is 28.6 Å². The number of hydrogen-bond acceptors (Lipinski definition) is 6. The average molecular weight is 1140 g/mol. The van der Waals surface area contributed by atoms with Crippen molar-refractivity contribution in [3.8, 4) is 0 Å². The Labute approximate surface area is 507 Å². The number of allylic oxidation sites excluding steroid dienone is 20. The number of ether oxygens (including phenoxy) is 3. The molecule has 0 aliphatic heterocycles. The maximum Gasteiger partial charge on any atom is 0.306 e. The molecule has 0 amide bonds. The lowest BCUT2D eigenvalue weighted by atomic mass is 10.0. The van der Waals surface area contributed by atoms with E-state index in [0.717, 1.165) is 141 Å². The van der Waals surface area contributed by atoms with Crippen molar-refractivity contribution in [3.63, 3.8) is 0 Å². The Balaban J connectivity index is 4.40. The summed E-state index contributed by atoms with van der Waals surface area (Å²) in [5.74, 6) is -0.904. The van der Waals surface area contributed by atoms with Crippen LogP contribution in [0.3, 0.4) is 0 Å². The van der Waals surface area contributed by atoms with Crippen molar-refractivity contribution in [1.82, 2.24) is 0 Å². The lowest BCUT2D eigenvalue weighted by Gasteiger charge is -2.18. The largest absolute Gasteiger partial charge is 0.462 e. The Kier molecular flexibility index (Phi) is 65.8. The summed E-state index contributed by atoms with van der Waals surface area (Å²) in [5, 5.41) is 0. The monoisotopic (exact) mass is 1140 g/mol. The van der Waals surface area contributed by atoms with Gasteiger partial charge in [-0.2, -0.15) is 0 Å². The zero-order valence-corrected chi connectivity index (χ0v) is 53.7. The van der Waals surface area contributed by atoms with Crippen LogP contribution in [0.15, 0.2) is 122 Å². The van der Waals surface area contributed by atoms with E-state index in [0.29, 0.717) is 19.3 Å². The first kappa shape index (κ1) is 77.8. The number of unbranched alkanes of at least 4 members (excludes halogenated alkanes) is 31. The van der Waals surface area contributed by atoms with Crippen molar-refractivity contribution in [2.75, 3.05) is 13.2 Å². The van der Waals surface area contributed by atoms with Crippen molar-refractivity contribution < 1.29 is 28.6 Å². The summed E-state index contributed by atoms with van der Waals surface area (Å²) < 4.78 is 17.0. The second-order valence-electron chi connectivity index (χ2n) is 22.7. The Bertz CT molecular complexity index is 1690. The van der Waals surface area contributed by atoms with Crippen molar-refractivity contribution in [2.45, 2.75) is 329 Å². The molecule has 1 atom stereocenters. The fourth-order valence-corrected chi connectivity index (χ4v) is 9.55. The second-order valence-corrected chi connectivity index (χ2v) is 22.7. The molecule has 0 heterocycles. The minimum Gasteiger partial charge on any atom is -0.462 e. The van der Waals surface area contributed by atoms with E-state index < -0.39 is 6.10 Å². The van der Waals surface area contributed by atoms with E-state index in [4.69, 9.17) is 14.2 Å². The second kappa shape index (κ2) is 69.3. The summed E-state index contributed by atoms with van der Waals surface area (Å²) in [6.07, 6.45) is 96.3. The highest BCUT2D eigenvalue weighted by atomic mass is 16.6. The number of esters is 3. The predicted molar refractivity (Wildman–Crippen MR) is 357 cm³/mol. The fraction of sp³-hybridized carbons (Fsp3) is 0.697. The molecule has 82 heavy (non-hydrogen) atoms. The van der Waals surface area contributed by atoms with Gasteiger partial charge in [0.25, 0.3) is 0 Å². The van der Waals surface area contributed by atoms with Gasteiger partial charge in [-0.05, 0) is 116 Å². The van der Waals surface area contributed by atoms with Crippen molar-refractivity contribution in [2.24, 2.45) is 0 Å². The molecule has 468 valence electrons. The van der Waals surface area contributed by atoms with Crippen LogP contribution >= 0.6 is 0 Å². The third-order valence-electron chi connectivity index (χ3n) is 14.7. The standard InChI is InChI=1S/C76H128O6/c1-4-7-10-13-16-19-22-25-28-30-32-34-36-37-38-39-41-42-44-46-48-51-54-57-60-63-66-69-75(78)81-72-73(71-80-74(77)68-65-62-59-56-53-50-27-24-21-18-15-12-9-6-3)82-76(79)70-67-64-61-58-55-52-49-47-45-43-40-35-33-31-29-26-23-20-17-14-11-8-5-2/h7,10,16,19,23,25-26,28,31-34,37-38,40-43,46,48,73H,4-6,8-9,11-15,17-18,20-22,24,27,29-30,35-36,39,44-45,47,49-72H2,1-3H3/b10-7-,19-16-,26-23-,28-25-,33-31-,34-32-,38-37-,42-41-,43-40-,48-46-. The van der Waals surface area contributed by atoms with E-state index in [9.17, 15) is 14.4 Å². The Morgan fingerprint density at radius 1 is 0.256 bits per heavy atom. The summed E-state index contributed by atoms with van der Waals surface area (Å²) >= 11 is 0. The van der Waals surface area contributed by atoms with Gasteiger partial charge in [-0.3, -0.25) is 14.4 Å². The molecule has 0 N–H and O–H groups in total. The molecule has 6 heteroatoms. The van der Waals surface area contributed by atoms with Gasteiger partial charge in [-0.25, -0.2) is 0 Å². The first-order valence-corrected chi connectivity index (χ1v) is 34.5. The third kappa shape index (κ3) is 66.6. The SMILES string of the molecule is CC/C=C\C/C=C\C/C=C\C/C=C\C/C=C\C/C=C\C/C=C\CCCCCCCC(=O)OCC(COC(=O)CCCCCCCCCCCCCCCC)OC(=O)CCCCCCCCCC/C=C\C/C=C\C/C=C\CCCCCCC. The van der Waals surface area contributed by atoms with Crippen molar-refractivity contribution in [1.29, 1.82) is 0 Å². The van der Waals surface area contributed by atoms with Crippen LogP contribution in [-0.4, -0.2) is 37.2 Å². The highest BCUT2D eigenvalue weighted by Crippen LogP contribution is 2.16. The highest BCUT2D eigenvalue weighted by Gasteiger charge is 2.19. The van der Waals surface area contributed by atoms with Gasteiger partial charge >= 0.3 is 17.9 Å². The maximum atomic E-state index is 13.0. The average Bonchev–Trinajstić information content (AvgIpc) is 3.48. The van der Waals surface area contributed by atoms with Gasteiger partial charge in [0.2, 0.25) is 0 Å². The lowest BCUT2D eigenvalue weighted by molar-refractivity contribution is -0.167. The van der Waals surface area contributed by atoms with E-state index in [1.807, 2.05) is 0 Å². The molecule has 1 unspecified atom stereocenters. The van der Waals surface area contributed by atoms with Crippen LogP contribution < -0.4 is 0 Å². The van der Waals surface area contributed by atoms with E-state index in [-0.39, 0.29) is 31.1 Å². The third-order valence-corrected chi connectivity index (χ3v) is 14.7. The van der Waals surface area contributed by atoms with Crippen molar-refractivity contribution in [3.05, 3.63) is 122 Å². The number of carbonyl (C=O) groups excluding carboxylic acids is 3. The van der Waals surface area contributed by atoms with Gasteiger partial charge in [0.1, 0.15) is 13.2 Å². The number of hydrogen-bond donors (Lipinski definition) is 0. The van der Waals surface area contributed by atoms with Gasteiger partial charge in [0, 0.05) is 19.3 Å². The molecule has 0 radical (unpaired) electrons. The minimum atomic E-state index is -0.794. The summed E-state index contributed by atoms with van der Waals surface area (Å²) in [6, 6.07) is 0. The van der Waals surface area contributed by atoms with Crippen LogP contribution in [0.2, 0.25) is 0 Å². The van der Waals surface area contributed by atoms with E-state index in [1.165, 1.54) is 141 Å². The summed E-state index contributed by atoms with van der Waals surface area (Å²) in [5.41, 5.74) is 0. The van der Waals surface area contributed by atoms with Crippen LogP contribution in [0.1, 0.15) is 323 Å². The van der Waals surface area contributed by atoms with Crippen LogP contribution in [0.25, 0.3) is 0 Å². The summed E-state index contributed by atoms with van der Waals surface area (Å²) in [7, 11) is 0. The number of carbonyl (C=O) groups is 3. The molecule has 0 aliphatic rings. The molecule has 0 bridgehead atoms. The minimum absolute atomic E-state index is 0.0870. The predicted octanol–water partition coefficient (Wildman–Crippen LogP) is 23.9. The molecule has 0 aliphatic carbocycles. The van der Waals surface area contributed by atoms with Gasteiger partial charge in [0.05, 0.1) is 0 Å². The topological polar surface area (TPSA) is 78.9 Å². The molecule has 0 rings (SSSR count). The zero-order valence-electron chi connectivity index (χ0n) is 53.7. The molecule has 0 fully saturated rings. The molecule has 0 saturated heterocycles. The molecule has 0 spiro atoms. The Hall–Kier alpha value is -4.19. The summed E-state index contributed by atoms with van der Waals surface area (Å²) in [6.45, 7) is 6.52. The molecule has 0 aromatic carbocycles. The molecule has 0 aromatic heterocycles. The Morgan fingerprint density at radius 3 is 0.744 bits per heavy atom. The zero-order chi connectivity index (χ0) is 59.2. The van der Waals surface area contributed by atoms with E-state index in [1.54, 1.807) is 0 Å². The lowest BCUT2D eigenvalue weighted by Crippen LogP contribution is -2.30. The first-order valence-electron chi connectivity index (χ1n) is 34.5.